The van der Waals surface area contributed by atoms with Crippen LogP contribution in [0.25, 0.3) is 0 Å². The number of nitrogens with one attached hydrogen (secondary N) is 1. The third-order valence-electron chi connectivity index (χ3n) is 4.98. The van der Waals surface area contributed by atoms with Gasteiger partial charge < -0.3 is 10.1 Å². The fourth-order valence-corrected chi connectivity index (χ4v) is 3.79. The van der Waals surface area contributed by atoms with Crippen LogP contribution in [0.4, 0.5) is 0 Å². The van der Waals surface area contributed by atoms with Gasteiger partial charge in [0.25, 0.3) is 0 Å². The van der Waals surface area contributed by atoms with Crippen LogP contribution in [0, 0.1) is 0 Å². The standard InChI is InChI=1S/C15H30N2O/c1-12-14(10-11-18-12)17(3)15-9-7-5-4-6-8-13(15)16-2/h12-16H,4-11H2,1-3H3. The Labute approximate surface area is 112 Å². The van der Waals surface area contributed by atoms with E-state index in [9.17, 15) is 0 Å². The van der Waals surface area contributed by atoms with Crippen molar-refractivity contribution in [3.8, 4) is 0 Å². The van der Waals surface area contributed by atoms with E-state index < -0.39 is 0 Å². The van der Waals surface area contributed by atoms with Crippen molar-refractivity contribution in [2.24, 2.45) is 0 Å². The molecule has 1 saturated heterocycles. The molecule has 1 heterocycles. The van der Waals surface area contributed by atoms with E-state index in [0.29, 0.717) is 24.2 Å². The minimum atomic E-state index is 0.401. The highest BCUT2D eigenvalue weighted by atomic mass is 16.5. The van der Waals surface area contributed by atoms with Crippen molar-refractivity contribution >= 4 is 0 Å². The van der Waals surface area contributed by atoms with E-state index in [-0.39, 0.29) is 0 Å². The molecule has 2 aliphatic rings. The Bertz CT molecular complexity index is 247. The zero-order valence-corrected chi connectivity index (χ0v) is 12.3. The van der Waals surface area contributed by atoms with E-state index in [1.807, 2.05) is 0 Å². The van der Waals surface area contributed by atoms with Crippen molar-refractivity contribution in [3.63, 3.8) is 0 Å². The smallest absolute Gasteiger partial charge is 0.0703 e. The van der Waals surface area contributed by atoms with Gasteiger partial charge in [-0.25, -0.2) is 0 Å². The third kappa shape index (κ3) is 3.25. The van der Waals surface area contributed by atoms with Gasteiger partial charge in [-0.3, -0.25) is 4.90 Å². The molecule has 0 bridgehead atoms. The lowest BCUT2D eigenvalue weighted by Gasteiger charge is -2.40. The van der Waals surface area contributed by atoms with Crippen LogP contribution in [0.2, 0.25) is 0 Å². The van der Waals surface area contributed by atoms with Gasteiger partial charge in [-0.15, -0.1) is 0 Å². The largest absolute Gasteiger partial charge is 0.377 e. The molecule has 3 heteroatoms. The van der Waals surface area contributed by atoms with Crippen LogP contribution in [-0.2, 0) is 4.74 Å². The Kier molecular flexibility index (Phi) is 5.46. The number of nitrogens with zero attached hydrogens (tertiary/aromatic N) is 1. The van der Waals surface area contributed by atoms with Gasteiger partial charge in [0.2, 0.25) is 0 Å². The minimum Gasteiger partial charge on any atom is -0.377 e. The quantitative estimate of drug-likeness (QED) is 0.837. The van der Waals surface area contributed by atoms with Gasteiger partial charge in [0, 0.05) is 24.7 Å². The van der Waals surface area contributed by atoms with E-state index in [1.54, 1.807) is 0 Å². The first-order chi connectivity index (χ1) is 8.74. The molecule has 1 aliphatic carbocycles. The topological polar surface area (TPSA) is 24.5 Å². The van der Waals surface area contributed by atoms with Crippen LogP contribution < -0.4 is 5.32 Å². The lowest BCUT2D eigenvalue weighted by molar-refractivity contribution is 0.0528. The van der Waals surface area contributed by atoms with E-state index >= 15 is 0 Å². The molecule has 4 atom stereocenters. The molecule has 0 spiro atoms. The predicted octanol–water partition coefficient (Wildman–Crippen LogP) is 2.41. The molecule has 18 heavy (non-hydrogen) atoms. The Morgan fingerprint density at radius 1 is 1.00 bits per heavy atom. The normalized spacial score (nSPS) is 38.7. The minimum absolute atomic E-state index is 0.401. The Hall–Kier alpha value is -0.120. The van der Waals surface area contributed by atoms with E-state index in [4.69, 9.17) is 4.74 Å². The highest BCUT2D eigenvalue weighted by molar-refractivity contribution is 4.90. The molecule has 0 amide bonds. The summed E-state index contributed by atoms with van der Waals surface area (Å²) in [7, 11) is 4.44. The second kappa shape index (κ2) is 6.88. The summed E-state index contributed by atoms with van der Waals surface area (Å²) >= 11 is 0. The van der Waals surface area contributed by atoms with Gasteiger partial charge in [0.05, 0.1) is 6.10 Å². The average Bonchev–Trinajstić information content (AvgIpc) is 2.75. The summed E-state index contributed by atoms with van der Waals surface area (Å²) in [6.45, 7) is 3.17. The molecular formula is C15H30N2O. The van der Waals surface area contributed by atoms with Gasteiger partial charge in [0.1, 0.15) is 0 Å². The third-order valence-corrected chi connectivity index (χ3v) is 4.98. The van der Waals surface area contributed by atoms with E-state index in [2.05, 4.69) is 31.2 Å². The van der Waals surface area contributed by atoms with Crippen LogP contribution in [0.1, 0.15) is 51.9 Å². The maximum Gasteiger partial charge on any atom is 0.0703 e. The zero-order chi connectivity index (χ0) is 13.0. The monoisotopic (exact) mass is 254 g/mol. The van der Waals surface area contributed by atoms with Gasteiger partial charge in [0.15, 0.2) is 0 Å². The summed E-state index contributed by atoms with van der Waals surface area (Å²) in [6.07, 6.45) is 9.86. The average molecular weight is 254 g/mol. The molecule has 0 aromatic carbocycles. The summed E-state index contributed by atoms with van der Waals surface area (Å²) in [4.78, 5) is 2.62. The molecule has 1 saturated carbocycles. The summed E-state index contributed by atoms with van der Waals surface area (Å²) in [5, 5.41) is 3.56. The number of hydrogen-bond donors (Lipinski definition) is 1. The predicted molar refractivity (Wildman–Crippen MR) is 75.9 cm³/mol. The van der Waals surface area contributed by atoms with Crippen molar-refractivity contribution < 1.29 is 4.74 Å². The maximum atomic E-state index is 5.74. The maximum absolute atomic E-state index is 5.74. The molecule has 3 nitrogen and oxygen atoms in total. The first kappa shape index (κ1) is 14.3. The summed E-state index contributed by atoms with van der Waals surface area (Å²) in [5.41, 5.74) is 0. The fraction of sp³-hybridized carbons (Fsp3) is 1.00. The zero-order valence-electron chi connectivity index (χ0n) is 12.3. The van der Waals surface area contributed by atoms with Gasteiger partial charge >= 0.3 is 0 Å². The first-order valence-corrected chi connectivity index (χ1v) is 7.75. The summed E-state index contributed by atoms with van der Waals surface area (Å²) in [6, 6.07) is 1.96. The highest BCUT2D eigenvalue weighted by Crippen LogP contribution is 2.27. The lowest BCUT2D eigenvalue weighted by Crippen LogP contribution is -2.53. The SMILES string of the molecule is CNC1CCCCCCC1N(C)C1CCOC1C. The Morgan fingerprint density at radius 2 is 1.72 bits per heavy atom. The van der Waals surface area contributed by atoms with Crippen molar-refractivity contribution in [2.45, 2.75) is 76.1 Å². The summed E-state index contributed by atoms with van der Waals surface area (Å²) < 4.78 is 5.74. The van der Waals surface area contributed by atoms with E-state index in [1.165, 1.54) is 44.9 Å². The highest BCUT2D eigenvalue weighted by Gasteiger charge is 2.34. The van der Waals surface area contributed by atoms with Crippen molar-refractivity contribution in [2.75, 3.05) is 20.7 Å². The van der Waals surface area contributed by atoms with Crippen LogP contribution in [0.5, 0.6) is 0 Å². The second-order valence-electron chi connectivity index (χ2n) is 6.05. The molecule has 1 aliphatic heterocycles. The molecule has 106 valence electrons. The van der Waals surface area contributed by atoms with Gasteiger partial charge in [-0.05, 0) is 40.3 Å². The molecule has 1 N–H and O–H groups in total. The van der Waals surface area contributed by atoms with Crippen LogP contribution in [0.3, 0.4) is 0 Å². The molecule has 2 fully saturated rings. The molecular weight excluding hydrogens is 224 g/mol. The number of rotatable bonds is 3. The number of hydrogen-bond acceptors (Lipinski definition) is 3. The number of likely N-dealkylation sites (N-methyl/N-ethyl adjacent to an activating group) is 2. The van der Waals surface area contributed by atoms with Gasteiger partial charge in [-0.2, -0.15) is 0 Å². The molecule has 0 radical (unpaired) electrons. The lowest BCUT2D eigenvalue weighted by atomic mass is 9.90. The Morgan fingerprint density at radius 3 is 2.33 bits per heavy atom. The van der Waals surface area contributed by atoms with Gasteiger partial charge in [-0.1, -0.05) is 25.7 Å². The van der Waals surface area contributed by atoms with Crippen molar-refractivity contribution in [1.29, 1.82) is 0 Å². The van der Waals surface area contributed by atoms with Crippen LogP contribution in [0.15, 0.2) is 0 Å². The second-order valence-corrected chi connectivity index (χ2v) is 6.05. The molecule has 0 aromatic rings. The van der Waals surface area contributed by atoms with Crippen molar-refractivity contribution in [3.05, 3.63) is 0 Å². The number of ether oxygens (including phenoxy) is 1. The Balaban J connectivity index is 2.01. The fourth-order valence-electron chi connectivity index (χ4n) is 3.79. The van der Waals surface area contributed by atoms with Crippen LogP contribution >= 0.6 is 0 Å². The van der Waals surface area contributed by atoms with Crippen LogP contribution in [-0.4, -0.2) is 49.8 Å². The molecule has 2 rings (SSSR count). The molecule has 4 unspecified atom stereocenters. The first-order valence-electron chi connectivity index (χ1n) is 7.75. The van der Waals surface area contributed by atoms with Crippen molar-refractivity contribution in [1.82, 2.24) is 10.2 Å². The molecule has 0 aromatic heterocycles. The summed E-state index contributed by atoms with van der Waals surface area (Å²) in [5.74, 6) is 0. The van der Waals surface area contributed by atoms with E-state index in [0.717, 1.165) is 6.61 Å².